The van der Waals surface area contributed by atoms with Crippen LogP contribution in [0.3, 0.4) is 0 Å². The SMILES string of the molecule is c1ccc(-c2ccc(-c3nc(-c4ccccc4)nc(-c4ccc(-c5cnc6sc7cnc(-c8ccc9cc%10ccccc%10cc9c8)nc7c6c5)cc4)n3)cc2)cc1. The number of nitrogens with zero attached hydrogens (tertiary/aromatic N) is 6. The molecule has 0 aliphatic carbocycles. The lowest BCUT2D eigenvalue weighted by Crippen LogP contribution is -2.00. The molecule has 0 radical (unpaired) electrons. The number of hydrogen-bond donors (Lipinski definition) is 0. The van der Waals surface area contributed by atoms with E-state index in [0.29, 0.717) is 23.3 Å². The smallest absolute Gasteiger partial charge is 0.164 e. The molecule has 4 aromatic heterocycles. The molecule has 0 saturated heterocycles. The third kappa shape index (κ3) is 6.16. The second-order valence-corrected chi connectivity index (χ2v) is 15.1. The van der Waals surface area contributed by atoms with Gasteiger partial charge in [0.1, 0.15) is 4.83 Å². The van der Waals surface area contributed by atoms with E-state index in [1.54, 1.807) is 11.3 Å². The minimum absolute atomic E-state index is 0.612. The van der Waals surface area contributed by atoms with Crippen LogP contribution in [-0.2, 0) is 0 Å². The summed E-state index contributed by atoms with van der Waals surface area (Å²) in [6, 6.07) is 58.7. The lowest BCUT2D eigenvalue weighted by atomic mass is 10.0. The Morgan fingerprint density at radius 1 is 0.316 bits per heavy atom. The summed E-state index contributed by atoms with van der Waals surface area (Å²) in [6.45, 7) is 0. The lowest BCUT2D eigenvalue weighted by molar-refractivity contribution is 1.07. The topological polar surface area (TPSA) is 77.3 Å². The summed E-state index contributed by atoms with van der Waals surface area (Å²) >= 11 is 1.61. The monoisotopic (exact) mass is 746 g/mol. The second kappa shape index (κ2) is 13.7. The first-order valence-corrected chi connectivity index (χ1v) is 19.6. The van der Waals surface area contributed by atoms with Gasteiger partial charge in [-0.3, -0.25) is 0 Å². The van der Waals surface area contributed by atoms with E-state index >= 15 is 0 Å². The highest BCUT2D eigenvalue weighted by Crippen LogP contribution is 2.36. The van der Waals surface area contributed by atoms with Gasteiger partial charge in [0.05, 0.1) is 10.2 Å². The molecule has 266 valence electrons. The summed E-state index contributed by atoms with van der Waals surface area (Å²) in [7, 11) is 0. The van der Waals surface area contributed by atoms with Crippen molar-refractivity contribution in [3.63, 3.8) is 0 Å². The molecule has 7 aromatic carbocycles. The Morgan fingerprint density at radius 3 is 1.46 bits per heavy atom. The van der Waals surface area contributed by atoms with E-state index in [9.17, 15) is 0 Å². The molecule has 0 aliphatic rings. The van der Waals surface area contributed by atoms with E-state index in [4.69, 9.17) is 29.9 Å². The molecular formula is C50H30N6S. The zero-order chi connectivity index (χ0) is 37.7. The van der Waals surface area contributed by atoms with Gasteiger partial charge in [-0.2, -0.15) is 0 Å². The van der Waals surface area contributed by atoms with Gasteiger partial charge in [-0.1, -0.05) is 146 Å². The molecule has 0 unspecified atom stereocenters. The number of fused-ring (bicyclic) bond motifs is 5. The Morgan fingerprint density at radius 2 is 0.807 bits per heavy atom. The van der Waals surface area contributed by atoms with Crippen molar-refractivity contribution >= 4 is 53.3 Å². The molecule has 0 bridgehead atoms. The minimum atomic E-state index is 0.612. The van der Waals surface area contributed by atoms with E-state index in [0.717, 1.165) is 59.4 Å². The molecule has 11 rings (SSSR count). The maximum absolute atomic E-state index is 5.11. The Hall–Kier alpha value is -7.48. The fourth-order valence-electron chi connectivity index (χ4n) is 7.43. The van der Waals surface area contributed by atoms with Crippen LogP contribution in [0.2, 0.25) is 0 Å². The Kier molecular flexibility index (Phi) is 7.89. The average Bonchev–Trinajstić information content (AvgIpc) is 3.66. The van der Waals surface area contributed by atoms with Crippen molar-refractivity contribution in [3.05, 3.63) is 182 Å². The molecule has 0 saturated carbocycles. The van der Waals surface area contributed by atoms with Crippen molar-refractivity contribution < 1.29 is 0 Å². The van der Waals surface area contributed by atoms with Crippen LogP contribution in [-0.4, -0.2) is 29.9 Å². The Labute approximate surface area is 331 Å². The number of aromatic nitrogens is 6. The molecule has 57 heavy (non-hydrogen) atoms. The number of rotatable bonds is 6. The minimum Gasteiger partial charge on any atom is -0.245 e. The summed E-state index contributed by atoms with van der Waals surface area (Å²) < 4.78 is 1.01. The molecule has 0 atom stereocenters. The first-order valence-electron chi connectivity index (χ1n) is 18.7. The van der Waals surface area contributed by atoms with E-state index in [1.807, 2.05) is 48.8 Å². The highest BCUT2D eigenvalue weighted by Gasteiger charge is 2.15. The van der Waals surface area contributed by atoms with Crippen LogP contribution < -0.4 is 0 Å². The van der Waals surface area contributed by atoms with Gasteiger partial charge in [-0.25, -0.2) is 29.9 Å². The van der Waals surface area contributed by atoms with E-state index in [1.165, 1.54) is 27.1 Å². The fraction of sp³-hybridized carbons (Fsp3) is 0. The normalized spacial score (nSPS) is 11.5. The third-order valence-corrected chi connectivity index (χ3v) is 11.5. The first kappa shape index (κ1) is 32.9. The van der Waals surface area contributed by atoms with Gasteiger partial charge in [-0.05, 0) is 62.5 Å². The molecule has 0 N–H and O–H groups in total. The van der Waals surface area contributed by atoms with Gasteiger partial charge < -0.3 is 0 Å². The zero-order valence-electron chi connectivity index (χ0n) is 30.4. The van der Waals surface area contributed by atoms with Crippen LogP contribution in [0.25, 0.3) is 110 Å². The van der Waals surface area contributed by atoms with Crippen LogP contribution in [0.15, 0.2) is 182 Å². The van der Waals surface area contributed by atoms with E-state index < -0.39 is 0 Å². The molecule has 0 fully saturated rings. The van der Waals surface area contributed by atoms with E-state index in [-0.39, 0.29) is 0 Å². The maximum atomic E-state index is 5.11. The summed E-state index contributed by atoms with van der Waals surface area (Å²) in [5.41, 5.74) is 9.01. The third-order valence-electron chi connectivity index (χ3n) is 10.4. The van der Waals surface area contributed by atoms with Crippen LogP contribution in [0, 0.1) is 0 Å². The predicted octanol–water partition coefficient (Wildman–Crippen LogP) is 12.7. The van der Waals surface area contributed by atoms with Gasteiger partial charge in [-0.15, -0.1) is 11.3 Å². The van der Waals surface area contributed by atoms with Crippen LogP contribution in [0.5, 0.6) is 0 Å². The quantitative estimate of drug-likeness (QED) is 0.158. The average molecular weight is 747 g/mol. The van der Waals surface area contributed by atoms with Crippen molar-refractivity contribution in [1.29, 1.82) is 0 Å². The van der Waals surface area contributed by atoms with Crippen molar-refractivity contribution in [2.75, 3.05) is 0 Å². The van der Waals surface area contributed by atoms with E-state index in [2.05, 4.69) is 133 Å². The van der Waals surface area contributed by atoms with Gasteiger partial charge in [0.25, 0.3) is 0 Å². The molecule has 0 aliphatic heterocycles. The zero-order valence-corrected chi connectivity index (χ0v) is 31.2. The first-order chi connectivity index (χ1) is 28.2. The standard InChI is InChI=1S/C50H30N6S/c1-3-9-31(10-4-1)32-15-19-35(20-16-32)48-54-47(34-11-5-2-6-12-34)55-49(56-48)36-21-17-33(18-22-36)42-28-43-45-44(57-50(43)52-29-42)30-51-46(53-45)40-24-23-39-25-37-13-7-8-14-38(37)26-41(39)27-40/h1-30H. The summed E-state index contributed by atoms with van der Waals surface area (Å²) in [5, 5.41) is 5.82. The van der Waals surface area contributed by atoms with Gasteiger partial charge >= 0.3 is 0 Å². The maximum Gasteiger partial charge on any atom is 0.164 e. The van der Waals surface area contributed by atoms with Crippen LogP contribution >= 0.6 is 11.3 Å². The van der Waals surface area contributed by atoms with Gasteiger partial charge in [0.15, 0.2) is 23.3 Å². The highest BCUT2D eigenvalue weighted by molar-refractivity contribution is 7.25. The van der Waals surface area contributed by atoms with Crippen LogP contribution in [0.4, 0.5) is 0 Å². The largest absolute Gasteiger partial charge is 0.245 e. The second-order valence-electron chi connectivity index (χ2n) is 14.0. The fourth-order valence-corrected chi connectivity index (χ4v) is 8.36. The molecular weight excluding hydrogens is 717 g/mol. The van der Waals surface area contributed by atoms with Crippen LogP contribution in [0.1, 0.15) is 0 Å². The predicted molar refractivity (Wildman–Crippen MR) is 234 cm³/mol. The lowest BCUT2D eigenvalue weighted by Gasteiger charge is -2.10. The summed E-state index contributed by atoms with van der Waals surface area (Å²) in [6.07, 6.45) is 3.86. The number of pyridine rings is 1. The number of hydrogen-bond acceptors (Lipinski definition) is 7. The molecule has 0 amide bonds. The van der Waals surface area contributed by atoms with Crippen molar-refractivity contribution in [3.8, 4) is 67.8 Å². The Balaban J connectivity index is 0.933. The number of thiophene rings is 1. The highest BCUT2D eigenvalue weighted by atomic mass is 32.1. The molecule has 0 spiro atoms. The van der Waals surface area contributed by atoms with Gasteiger partial charge in [0, 0.05) is 45.6 Å². The molecule has 7 heteroatoms. The molecule has 11 aromatic rings. The van der Waals surface area contributed by atoms with Gasteiger partial charge in [0.2, 0.25) is 0 Å². The number of benzene rings is 7. The summed E-state index contributed by atoms with van der Waals surface area (Å²) in [4.78, 5) is 30.6. The molecule has 6 nitrogen and oxygen atoms in total. The summed E-state index contributed by atoms with van der Waals surface area (Å²) in [5.74, 6) is 2.57. The van der Waals surface area contributed by atoms with Crippen molar-refractivity contribution in [2.45, 2.75) is 0 Å². The van der Waals surface area contributed by atoms with Crippen molar-refractivity contribution in [2.24, 2.45) is 0 Å². The molecule has 4 heterocycles. The van der Waals surface area contributed by atoms with Crippen molar-refractivity contribution in [1.82, 2.24) is 29.9 Å². The Bertz CT molecular complexity index is 3270.